The summed E-state index contributed by atoms with van der Waals surface area (Å²) in [7, 11) is 0. The fourth-order valence-corrected chi connectivity index (χ4v) is 3.78. The van der Waals surface area contributed by atoms with E-state index in [4.69, 9.17) is 4.42 Å². The summed E-state index contributed by atoms with van der Waals surface area (Å²) in [5, 5.41) is 11.8. The Bertz CT molecular complexity index is 952. The van der Waals surface area contributed by atoms with Crippen molar-refractivity contribution in [3.05, 3.63) is 53.7 Å². The van der Waals surface area contributed by atoms with Gasteiger partial charge in [-0.1, -0.05) is 23.9 Å². The van der Waals surface area contributed by atoms with Gasteiger partial charge < -0.3 is 14.3 Å². The number of amides is 1. The van der Waals surface area contributed by atoms with Gasteiger partial charge in [-0.05, 0) is 51.5 Å². The Morgan fingerprint density at radius 3 is 2.57 bits per heavy atom. The minimum Gasteiger partial charge on any atom is -0.469 e. The van der Waals surface area contributed by atoms with Gasteiger partial charge in [0.05, 0.1) is 23.1 Å². The summed E-state index contributed by atoms with van der Waals surface area (Å²) < 4.78 is 20.4. The van der Waals surface area contributed by atoms with Crippen LogP contribution in [0.1, 0.15) is 38.1 Å². The van der Waals surface area contributed by atoms with Crippen molar-refractivity contribution >= 4 is 17.7 Å². The Kier molecular flexibility index (Phi) is 6.18. The molecule has 6 nitrogen and oxygen atoms in total. The topological polar surface area (TPSA) is 73.0 Å². The first kappa shape index (κ1) is 20.1. The number of benzene rings is 1. The normalized spacial score (nSPS) is 13.3. The second-order valence-electron chi connectivity index (χ2n) is 6.48. The fourth-order valence-electron chi connectivity index (χ4n) is 2.85. The Labute approximate surface area is 167 Å². The zero-order valence-corrected chi connectivity index (χ0v) is 17.1. The van der Waals surface area contributed by atoms with Crippen LogP contribution in [0.5, 0.6) is 0 Å². The third-order valence-corrected chi connectivity index (χ3v) is 5.59. The van der Waals surface area contributed by atoms with Crippen molar-refractivity contribution in [1.82, 2.24) is 20.1 Å². The molecule has 3 aromatic rings. The number of halogens is 1. The zero-order valence-electron chi connectivity index (χ0n) is 16.3. The zero-order chi connectivity index (χ0) is 20.3. The lowest BCUT2D eigenvalue weighted by atomic mass is 10.1. The highest BCUT2D eigenvalue weighted by Gasteiger charge is 2.22. The summed E-state index contributed by atoms with van der Waals surface area (Å²) in [6.07, 6.45) is 1.62. The van der Waals surface area contributed by atoms with Gasteiger partial charge in [0.1, 0.15) is 11.6 Å². The molecule has 2 atom stereocenters. The maximum Gasteiger partial charge on any atom is 0.233 e. The third-order valence-electron chi connectivity index (χ3n) is 4.51. The predicted molar refractivity (Wildman–Crippen MR) is 106 cm³/mol. The first-order chi connectivity index (χ1) is 13.4. The van der Waals surface area contributed by atoms with E-state index in [9.17, 15) is 9.18 Å². The number of carbonyl (C=O) groups excluding carboxylic acids is 1. The number of furan rings is 1. The van der Waals surface area contributed by atoms with Gasteiger partial charge in [-0.2, -0.15) is 0 Å². The Balaban J connectivity index is 1.69. The molecule has 28 heavy (non-hydrogen) atoms. The van der Waals surface area contributed by atoms with Crippen LogP contribution in [0.2, 0.25) is 0 Å². The molecule has 0 fully saturated rings. The van der Waals surface area contributed by atoms with Crippen molar-refractivity contribution in [3.63, 3.8) is 0 Å². The number of rotatable bonds is 7. The van der Waals surface area contributed by atoms with Gasteiger partial charge in [-0.15, -0.1) is 10.2 Å². The van der Waals surface area contributed by atoms with Crippen LogP contribution in [0.4, 0.5) is 4.39 Å². The number of aromatic nitrogens is 3. The van der Waals surface area contributed by atoms with Gasteiger partial charge in [-0.3, -0.25) is 4.79 Å². The number of aryl methyl sites for hydroxylation is 1. The molecule has 0 bridgehead atoms. The van der Waals surface area contributed by atoms with Crippen molar-refractivity contribution in [2.75, 3.05) is 0 Å². The highest BCUT2D eigenvalue weighted by Crippen LogP contribution is 2.29. The molecule has 2 heterocycles. The van der Waals surface area contributed by atoms with E-state index in [0.29, 0.717) is 11.7 Å². The van der Waals surface area contributed by atoms with Gasteiger partial charge in [-0.25, -0.2) is 4.39 Å². The highest BCUT2D eigenvalue weighted by atomic mass is 32.2. The summed E-state index contributed by atoms with van der Waals surface area (Å²) in [6, 6.07) is 7.76. The molecule has 148 valence electrons. The van der Waals surface area contributed by atoms with E-state index in [-0.39, 0.29) is 23.0 Å². The Morgan fingerprint density at radius 2 is 1.96 bits per heavy atom. The molecule has 3 rings (SSSR count). The number of nitrogens with zero attached hydrogens (tertiary/aromatic N) is 3. The predicted octanol–water partition coefficient (Wildman–Crippen LogP) is 4.36. The maximum atomic E-state index is 13.1. The number of thioether (sulfide) groups is 1. The average molecular weight is 402 g/mol. The van der Waals surface area contributed by atoms with Crippen LogP contribution >= 0.6 is 11.8 Å². The van der Waals surface area contributed by atoms with Gasteiger partial charge in [0, 0.05) is 6.54 Å². The number of carbonyl (C=O) groups is 1. The van der Waals surface area contributed by atoms with E-state index in [2.05, 4.69) is 15.5 Å². The third kappa shape index (κ3) is 4.27. The van der Waals surface area contributed by atoms with Crippen molar-refractivity contribution in [2.24, 2.45) is 0 Å². The van der Waals surface area contributed by atoms with E-state index >= 15 is 0 Å². The monoisotopic (exact) mass is 402 g/mol. The molecule has 8 heteroatoms. The van der Waals surface area contributed by atoms with Crippen molar-refractivity contribution in [3.8, 4) is 11.4 Å². The standard InChI is InChI=1S/C20H23FN4O2S/c1-5-25-18(17-10-11-27-13(17)3)23-24-20(25)28-14(4)19(26)22-12(2)15-6-8-16(21)9-7-15/h6-12,14H,5H2,1-4H3,(H,22,26)/t12-,14+/m0/s1. The molecule has 1 aromatic carbocycles. The van der Waals surface area contributed by atoms with Crippen LogP contribution in [0.3, 0.4) is 0 Å². The van der Waals surface area contributed by atoms with Crippen LogP contribution < -0.4 is 5.32 Å². The summed E-state index contributed by atoms with van der Waals surface area (Å²) in [5.41, 5.74) is 1.74. The van der Waals surface area contributed by atoms with Crippen molar-refractivity contribution < 1.29 is 13.6 Å². The number of nitrogens with one attached hydrogen (secondary N) is 1. The van der Waals surface area contributed by atoms with Crippen LogP contribution in [0, 0.1) is 12.7 Å². The van der Waals surface area contributed by atoms with Gasteiger partial charge in [0.15, 0.2) is 11.0 Å². The fraction of sp³-hybridized carbons (Fsp3) is 0.350. The van der Waals surface area contributed by atoms with Crippen molar-refractivity contribution in [2.45, 2.75) is 50.7 Å². The summed E-state index contributed by atoms with van der Waals surface area (Å²) in [6.45, 7) is 8.26. The van der Waals surface area contributed by atoms with E-state index in [1.807, 2.05) is 38.3 Å². The summed E-state index contributed by atoms with van der Waals surface area (Å²) >= 11 is 1.35. The van der Waals surface area contributed by atoms with Crippen LogP contribution in [-0.4, -0.2) is 25.9 Å². The van der Waals surface area contributed by atoms with E-state index in [0.717, 1.165) is 22.7 Å². The summed E-state index contributed by atoms with van der Waals surface area (Å²) in [5.74, 6) is 1.09. The first-order valence-corrected chi connectivity index (χ1v) is 9.98. The minimum absolute atomic E-state index is 0.117. The van der Waals surface area contributed by atoms with Gasteiger partial charge in [0.25, 0.3) is 0 Å². The molecule has 0 saturated heterocycles. The largest absolute Gasteiger partial charge is 0.469 e. The number of hydrogen-bond acceptors (Lipinski definition) is 5. The van der Waals surface area contributed by atoms with Crippen LogP contribution in [0.15, 0.2) is 46.2 Å². The second kappa shape index (κ2) is 8.60. The molecule has 2 aromatic heterocycles. The lowest BCUT2D eigenvalue weighted by molar-refractivity contribution is -0.120. The lowest BCUT2D eigenvalue weighted by Gasteiger charge is -2.17. The SMILES string of the molecule is CCn1c(S[C@H](C)C(=O)N[C@@H](C)c2ccc(F)cc2)nnc1-c1ccoc1C. The molecule has 0 aliphatic heterocycles. The molecular weight excluding hydrogens is 379 g/mol. The number of hydrogen-bond donors (Lipinski definition) is 1. The first-order valence-electron chi connectivity index (χ1n) is 9.10. The smallest absolute Gasteiger partial charge is 0.233 e. The molecule has 0 unspecified atom stereocenters. The molecule has 0 spiro atoms. The van der Waals surface area contributed by atoms with Gasteiger partial charge >= 0.3 is 0 Å². The summed E-state index contributed by atoms with van der Waals surface area (Å²) in [4.78, 5) is 12.6. The Hall–Kier alpha value is -2.61. The van der Waals surface area contributed by atoms with E-state index in [1.165, 1.54) is 23.9 Å². The lowest BCUT2D eigenvalue weighted by Crippen LogP contribution is -2.33. The molecule has 1 amide bonds. The average Bonchev–Trinajstić information content (AvgIpc) is 3.27. The van der Waals surface area contributed by atoms with E-state index in [1.54, 1.807) is 18.4 Å². The molecular formula is C20H23FN4O2S. The van der Waals surface area contributed by atoms with Crippen LogP contribution in [-0.2, 0) is 11.3 Å². The molecule has 1 N–H and O–H groups in total. The van der Waals surface area contributed by atoms with E-state index < -0.39 is 0 Å². The second-order valence-corrected chi connectivity index (χ2v) is 7.79. The minimum atomic E-state index is -0.365. The van der Waals surface area contributed by atoms with Crippen molar-refractivity contribution in [1.29, 1.82) is 0 Å². The molecule has 0 radical (unpaired) electrons. The van der Waals surface area contributed by atoms with Crippen LogP contribution in [0.25, 0.3) is 11.4 Å². The molecule has 0 aliphatic rings. The molecule has 0 aliphatic carbocycles. The Morgan fingerprint density at radius 1 is 1.25 bits per heavy atom. The maximum absolute atomic E-state index is 13.1. The molecule has 0 saturated carbocycles. The quantitative estimate of drug-likeness (QED) is 0.594. The van der Waals surface area contributed by atoms with Gasteiger partial charge in [0.2, 0.25) is 5.91 Å². The highest BCUT2D eigenvalue weighted by molar-refractivity contribution is 8.00.